The third-order valence-corrected chi connectivity index (χ3v) is 4.08. The summed E-state index contributed by atoms with van der Waals surface area (Å²) in [5.74, 6) is 0. The number of hydrogen-bond acceptors (Lipinski definition) is 5. The molecule has 0 unspecified atom stereocenters. The van der Waals surface area contributed by atoms with E-state index in [1.54, 1.807) is 6.20 Å². The van der Waals surface area contributed by atoms with Gasteiger partial charge in [-0.25, -0.2) is 4.68 Å². The molecule has 14 heavy (non-hydrogen) atoms. The van der Waals surface area contributed by atoms with Crippen molar-refractivity contribution < 1.29 is 0 Å². The third kappa shape index (κ3) is 1.94. The maximum atomic E-state index is 11.4. The van der Waals surface area contributed by atoms with Crippen LogP contribution >= 0.6 is 38.8 Å². The first-order valence-corrected chi connectivity index (χ1v) is 6.18. The third-order valence-electron chi connectivity index (χ3n) is 1.60. The molecular formula is C7H6BrN3OS2. The molecule has 0 saturated carbocycles. The van der Waals surface area contributed by atoms with Crippen molar-refractivity contribution in [1.82, 2.24) is 14.2 Å². The van der Waals surface area contributed by atoms with Crippen LogP contribution in [0.15, 0.2) is 15.5 Å². The minimum Gasteiger partial charge on any atom is -0.255 e. The standard InChI is InChI=1S/C7H6BrN3OS2/c1-4-10-11(7(12)13-4)3-6-5(8)2-9-14-6/h2H,3H2,1H3. The Labute approximate surface area is 96.5 Å². The summed E-state index contributed by atoms with van der Waals surface area (Å²) in [4.78, 5) is 12.4. The molecule has 0 N–H and O–H groups in total. The number of halogens is 1. The molecule has 2 aromatic heterocycles. The summed E-state index contributed by atoms with van der Waals surface area (Å²) < 4.78 is 6.40. The topological polar surface area (TPSA) is 47.8 Å². The Morgan fingerprint density at radius 1 is 1.64 bits per heavy atom. The average molecular weight is 292 g/mol. The van der Waals surface area contributed by atoms with Crippen molar-refractivity contribution in [3.8, 4) is 0 Å². The second-order valence-corrected chi connectivity index (χ2v) is 5.53. The number of aromatic nitrogens is 3. The van der Waals surface area contributed by atoms with Crippen molar-refractivity contribution in [3.05, 3.63) is 30.2 Å². The van der Waals surface area contributed by atoms with E-state index in [0.717, 1.165) is 25.7 Å². The first-order valence-electron chi connectivity index (χ1n) is 3.80. The number of rotatable bonds is 2. The molecule has 74 valence electrons. The van der Waals surface area contributed by atoms with Crippen LogP contribution in [0.25, 0.3) is 0 Å². The summed E-state index contributed by atoms with van der Waals surface area (Å²) in [5, 5.41) is 4.89. The fourth-order valence-electron chi connectivity index (χ4n) is 1.00. The van der Waals surface area contributed by atoms with E-state index in [0.29, 0.717) is 6.54 Å². The van der Waals surface area contributed by atoms with Gasteiger partial charge in [-0.15, -0.1) is 0 Å². The molecule has 0 amide bonds. The Hall–Kier alpha value is -0.530. The predicted octanol–water partition coefficient (Wildman–Crippen LogP) is 1.88. The molecule has 0 radical (unpaired) electrons. The van der Waals surface area contributed by atoms with Gasteiger partial charge in [0, 0.05) is 0 Å². The van der Waals surface area contributed by atoms with E-state index in [9.17, 15) is 4.79 Å². The molecule has 0 spiro atoms. The fourth-order valence-corrected chi connectivity index (χ4v) is 2.79. The largest absolute Gasteiger partial charge is 0.325 e. The van der Waals surface area contributed by atoms with E-state index in [4.69, 9.17) is 0 Å². The van der Waals surface area contributed by atoms with Gasteiger partial charge in [-0.3, -0.25) is 4.79 Å². The first-order chi connectivity index (χ1) is 6.66. The normalized spacial score (nSPS) is 10.7. The zero-order chi connectivity index (χ0) is 10.1. The molecular weight excluding hydrogens is 286 g/mol. The molecule has 2 heterocycles. The molecule has 2 aromatic rings. The van der Waals surface area contributed by atoms with Gasteiger partial charge in [0.05, 0.1) is 22.1 Å². The highest BCUT2D eigenvalue weighted by Gasteiger charge is 2.07. The molecule has 4 nitrogen and oxygen atoms in total. The van der Waals surface area contributed by atoms with Crippen LogP contribution in [0.3, 0.4) is 0 Å². The lowest BCUT2D eigenvalue weighted by Crippen LogP contribution is -2.14. The quantitative estimate of drug-likeness (QED) is 0.849. The predicted molar refractivity (Wildman–Crippen MR) is 60.0 cm³/mol. The van der Waals surface area contributed by atoms with Crippen molar-refractivity contribution in [2.45, 2.75) is 13.5 Å². The lowest BCUT2D eigenvalue weighted by molar-refractivity contribution is 0.665. The molecule has 0 aliphatic carbocycles. The van der Waals surface area contributed by atoms with Gasteiger partial charge < -0.3 is 0 Å². The minimum atomic E-state index is -0.0252. The molecule has 0 aliphatic heterocycles. The van der Waals surface area contributed by atoms with Crippen molar-refractivity contribution in [3.63, 3.8) is 0 Å². The Balaban J connectivity index is 2.31. The van der Waals surface area contributed by atoms with Crippen LogP contribution < -0.4 is 4.87 Å². The Kier molecular flexibility index (Phi) is 2.80. The minimum absolute atomic E-state index is 0.0252. The summed E-state index contributed by atoms with van der Waals surface area (Å²) in [7, 11) is 0. The second-order valence-electron chi connectivity index (χ2n) is 2.64. The van der Waals surface area contributed by atoms with Gasteiger partial charge in [0.15, 0.2) is 0 Å². The molecule has 7 heteroatoms. The Morgan fingerprint density at radius 2 is 2.43 bits per heavy atom. The van der Waals surface area contributed by atoms with E-state index in [-0.39, 0.29) is 4.87 Å². The van der Waals surface area contributed by atoms with Gasteiger partial charge in [0.2, 0.25) is 0 Å². The average Bonchev–Trinajstić information content (AvgIpc) is 2.62. The van der Waals surface area contributed by atoms with Crippen molar-refractivity contribution in [2.75, 3.05) is 0 Å². The van der Waals surface area contributed by atoms with Gasteiger partial charge in [-0.1, -0.05) is 11.3 Å². The number of hydrogen-bond donors (Lipinski definition) is 0. The van der Waals surface area contributed by atoms with E-state index in [2.05, 4.69) is 25.4 Å². The van der Waals surface area contributed by atoms with Crippen LogP contribution in [0.5, 0.6) is 0 Å². The second kappa shape index (κ2) is 3.92. The van der Waals surface area contributed by atoms with Crippen molar-refractivity contribution in [2.24, 2.45) is 0 Å². The van der Waals surface area contributed by atoms with Crippen molar-refractivity contribution >= 4 is 38.8 Å². The van der Waals surface area contributed by atoms with Crippen LogP contribution in [0.2, 0.25) is 0 Å². The Morgan fingerprint density at radius 3 is 2.93 bits per heavy atom. The van der Waals surface area contributed by atoms with Gasteiger partial charge >= 0.3 is 4.87 Å². The van der Waals surface area contributed by atoms with Crippen LogP contribution in [-0.4, -0.2) is 14.2 Å². The highest BCUT2D eigenvalue weighted by atomic mass is 79.9. The van der Waals surface area contributed by atoms with E-state index in [1.165, 1.54) is 16.2 Å². The summed E-state index contributed by atoms with van der Waals surface area (Å²) in [6.07, 6.45) is 1.73. The van der Waals surface area contributed by atoms with E-state index in [1.807, 2.05) is 6.92 Å². The zero-order valence-corrected chi connectivity index (χ0v) is 10.4. The number of aryl methyl sites for hydroxylation is 1. The molecule has 0 aromatic carbocycles. The van der Waals surface area contributed by atoms with E-state index < -0.39 is 0 Å². The molecule has 0 atom stereocenters. The van der Waals surface area contributed by atoms with Crippen molar-refractivity contribution in [1.29, 1.82) is 0 Å². The summed E-state index contributed by atoms with van der Waals surface area (Å²) in [6.45, 7) is 2.32. The maximum absolute atomic E-state index is 11.4. The maximum Gasteiger partial charge on any atom is 0.325 e. The monoisotopic (exact) mass is 291 g/mol. The lowest BCUT2D eigenvalue weighted by Gasteiger charge is -1.95. The highest BCUT2D eigenvalue weighted by Crippen LogP contribution is 2.20. The van der Waals surface area contributed by atoms with Crippen LogP contribution in [-0.2, 0) is 6.54 Å². The molecule has 2 rings (SSSR count). The van der Waals surface area contributed by atoms with Crippen LogP contribution in [0.4, 0.5) is 0 Å². The summed E-state index contributed by atoms with van der Waals surface area (Å²) >= 11 is 5.90. The van der Waals surface area contributed by atoms with Gasteiger partial charge in [0.1, 0.15) is 5.01 Å². The molecule has 0 fully saturated rings. The van der Waals surface area contributed by atoms with Crippen LogP contribution in [0, 0.1) is 6.92 Å². The lowest BCUT2D eigenvalue weighted by atomic mass is 10.5. The zero-order valence-electron chi connectivity index (χ0n) is 7.23. The van der Waals surface area contributed by atoms with Gasteiger partial charge in [0.25, 0.3) is 0 Å². The molecule has 0 aliphatic rings. The highest BCUT2D eigenvalue weighted by molar-refractivity contribution is 9.10. The smallest absolute Gasteiger partial charge is 0.255 e. The molecule has 0 saturated heterocycles. The van der Waals surface area contributed by atoms with Crippen LogP contribution in [0.1, 0.15) is 9.88 Å². The summed E-state index contributed by atoms with van der Waals surface area (Å²) in [5.41, 5.74) is 0. The summed E-state index contributed by atoms with van der Waals surface area (Å²) in [6, 6.07) is 0. The Bertz CT molecular complexity index is 501. The first kappa shape index (κ1) is 10.0. The van der Waals surface area contributed by atoms with Gasteiger partial charge in [-0.2, -0.15) is 9.47 Å². The SMILES string of the molecule is Cc1nn(Cc2sncc2Br)c(=O)s1. The van der Waals surface area contributed by atoms with Gasteiger partial charge in [-0.05, 0) is 34.4 Å². The van der Waals surface area contributed by atoms with E-state index >= 15 is 0 Å². The molecule has 0 bridgehead atoms. The fraction of sp³-hybridized carbons (Fsp3) is 0.286. The number of nitrogens with zero attached hydrogens (tertiary/aromatic N) is 3.